The van der Waals surface area contributed by atoms with Gasteiger partial charge < -0.3 is 15.1 Å². The predicted octanol–water partition coefficient (Wildman–Crippen LogP) is 9.89. The lowest BCUT2D eigenvalue weighted by Gasteiger charge is -2.36. The summed E-state index contributed by atoms with van der Waals surface area (Å²) in [6.45, 7) is 10.4. The van der Waals surface area contributed by atoms with Crippen LogP contribution >= 0.6 is 0 Å². The van der Waals surface area contributed by atoms with E-state index in [2.05, 4.69) is 36.0 Å². The fourth-order valence-corrected chi connectivity index (χ4v) is 7.66. The van der Waals surface area contributed by atoms with Crippen molar-refractivity contribution in [3.63, 3.8) is 0 Å². The first-order valence-electron chi connectivity index (χ1n) is 21.1. The molecule has 1 aliphatic carbocycles. The van der Waals surface area contributed by atoms with Crippen molar-refractivity contribution in [3.8, 4) is 0 Å². The van der Waals surface area contributed by atoms with Crippen molar-refractivity contribution in [2.45, 2.75) is 206 Å². The van der Waals surface area contributed by atoms with E-state index in [4.69, 9.17) is 0 Å². The SMILES string of the molecule is CCCCCCCCCCCCCCCCC(=O)N(CCN1CCN(C)CC1)C(CCCCCCCC)C(=O)NC1CCCCCC1. The minimum absolute atomic E-state index is 0.123. The molecule has 1 atom stereocenters. The van der Waals surface area contributed by atoms with Gasteiger partial charge in [-0.05, 0) is 32.7 Å². The van der Waals surface area contributed by atoms with E-state index < -0.39 is 0 Å². The third-order valence-electron chi connectivity index (χ3n) is 11.0. The van der Waals surface area contributed by atoms with Gasteiger partial charge in [-0.2, -0.15) is 0 Å². The van der Waals surface area contributed by atoms with Crippen LogP contribution in [0.3, 0.4) is 0 Å². The third kappa shape index (κ3) is 20.9. The Morgan fingerprint density at radius 3 is 1.62 bits per heavy atom. The second-order valence-corrected chi connectivity index (χ2v) is 15.3. The van der Waals surface area contributed by atoms with Gasteiger partial charge in [-0.15, -0.1) is 0 Å². The summed E-state index contributed by atoms with van der Waals surface area (Å²) in [5.74, 6) is 0.336. The van der Waals surface area contributed by atoms with Gasteiger partial charge in [0.05, 0.1) is 0 Å². The van der Waals surface area contributed by atoms with Crippen LogP contribution in [0.1, 0.15) is 194 Å². The highest BCUT2D eigenvalue weighted by Crippen LogP contribution is 2.21. The minimum atomic E-state index is -0.323. The van der Waals surface area contributed by atoms with Crippen LogP contribution in [0.5, 0.6) is 0 Å². The van der Waals surface area contributed by atoms with E-state index in [0.29, 0.717) is 13.0 Å². The van der Waals surface area contributed by atoms with Crippen LogP contribution in [-0.4, -0.2) is 84.9 Å². The highest BCUT2D eigenvalue weighted by molar-refractivity contribution is 5.87. The summed E-state index contributed by atoms with van der Waals surface area (Å²) in [5.41, 5.74) is 0. The monoisotopic (exact) mass is 661 g/mol. The van der Waals surface area contributed by atoms with E-state index in [0.717, 1.165) is 77.7 Å². The van der Waals surface area contributed by atoms with Crippen LogP contribution in [0.4, 0.5) is 0 Å². The molecule has 0 aromatic rings. The molecule has 0 aromatic heterocycles. The average molecular weight is 661 g/mol. The highest BCUT2D eigenvalue weighted by atomic mass is 16.2. The number of amides is 2. The molecule has 1 saturated heterocycles. The number of hydrogen-bond donors (Lipinski definition) is 1. The molecule has 47 heavy (non-hydrogen) atoms. The van der Waals surface area contributed by atoms with Crippen LogP contribution in [0.15, 0.2) is 0 Å². The maximum atomic E-state index is 14.0. The van der Waals surface area contributed by atoms with Crippen molar-refractivity contribution in [2.24, 2.45) is 0 Å². The first-order chi connectivity index (χ1) is 23.0. The Balaban J connectivity index is 1.87. The lowest BCUT2D eigenvalue weighted by molar-refractivity contribution is -0.141. The number of carbonyl (C=O) groups is 2. The third-order valence-corrected chi connectivity index (χ3v) is 11.0. The van der Waals surface area contributed by atoms with Crippen molar-refractivity contribution >= 4 is 11.8 Å². The summed E-state index contributed by atoms with van der Waals surface area (Å²) < 4.78 is 0. The number of likely N-dealkylation sites (N-methyl/N-ethyl adjacent to an activating group) is 1. The number of rotatable bonds is 28. The van der Waals surface area contributed by atoms with Crippen molar-refractivity contribution in [3.05, 3.63) is 0 Å². The lowest BCUT2D eigenvalue weighted by atomic mass is 10.0. The quantitative estimate of drug-likeness (QED) is 0.0671. The molecule has 2 fully saturated rings. The van der Waals surface area contributed by atoms with Crippen molar-refractivity contribution < 1.29 is 9.59 Å². The molecule has 0 bridgehead atoms. The number of piperazine rings is 1. The van der Waals surface area contributed by atoms with Gasteiger partial charge in [-0.25, -0.2) is 0 Å². The Labute approximate surface area is 292 Å². The standard InChI is InChI=1S/C41H80N4O2/c1-4-6-8-10-12-13-14-15-16-17-18-19-21-27-31-40(46)45(37-36-44-34-32-43(3)33-35-44)39(30-26-20-11-9-7-5-2)41(47)42-38-28-24-22-23-25-29-38/h38-39H,4-37H2,1-3H3,(H,42,47). The number of carbonyl (C=O) groups excluding carboxylic acids is 2. The largest absolute Gasteiger partial charge is 0.352 e. The molecule has 1 unspecified atom stereocenters. The fraction of sp³-hybridized carbons (Fsp3) is 0.951. The summed E-state index contributed by atoms with van der Waals surface area (Å²) in [6, 6.07) is -0.0477. The molecule has 0 spiro atoms. The van der Waals surface area contributed by atoms with Gasteiger partial charge in [0.25, 0.3) is 0 Å². The maximum Gasteiger partial charge on any atom is 0.243 e. The van der Waals surface area contributed by atoms with Gasteiger partial charge >= 0.3 is 0 Å². The molecule has 2 aliphatic rings. The number of unbranched alkanes of at least 4 members (excludes halogenated alkanes) is 18. The van der Waals surface area contributed by atoms with Crippen LogP contribution in [0, 0.1) is 0 Å². The molecular formula is C41H80N4O2. The van der Waals surface area contributed by atoms with Crippen molar-refractivity contribution in [1.29, 1.82) is 0 Å². The van der Waals surface area contributed by atoms with Gasteiger partial charge in [-0.3, -0.25) is 14.5 Å². The molecule has 1 heterocycles. The molecule has 2 rings (SSSR count). The summed E-state index contributed by atoms with van der Waals surface area (Å²) >= 11 is 0. The Bertz CT molecular complexity index is 746. The average Bonchev–Trinajstić information content (AvgIpc) is 3.34. The summed E-state index contributed by atoms with van der Waals surface area (Å²) in [7, 11) is 2.19. The van der Waals surface area contributed by atoms with Gasteiger partial charge in [0, 0.05) is 51.7 Å². The van der Waals surface area contributed by atoms with E-state index in [1.807, 2.05) is 4.90 Å². The Hall–Kier alpha value is -1.14. The molecule has 1 saturated carbocycles. The topological polar surface area (TPSA) is 55.9 Å². The van der Waals surface area contributed by atoms with Gasteiger partial charge in [0.1, 0.15) is 6.04 Å². The Morgan fingerprint density at radius 2 is 1.11 bits per heavy atom. The number of hydrogen-bond acceptors (Lipinski definition) is 4. The molecular weight excluding hydrogens is 580 g/mol. The van der Waals surface area contributed by atoms with E-state index in [-0.39, 0.29) is 23.9 Å². The first-order valence-corrected chi connectivity index (χ1v) is 21.1. The van der Waals surface area contributed by atoms with Crippen LogP contribution in [0.25, 0.3) is 0 Å². The van der Waals surface area contributed by atoms with Crippen LogP contribution in [0.2, 0.25) is 0 Å². The molecule has 2 amide bonds. The predicted molar refractivity (Wildman–Crippen MR) is 202 cm³/mol. The van der Waals surface area contributed by atoms with Gasteiger partial charge in [0.15, 0.2) is 0 Å². The minimum Gasteiger partial charge on any atom is -0.352 e. The summed E-state index contributed by atoms with van der Waals surface area (Å²) in [4.78, 5) is 34.9. The molecule has 0 aromatic carbocycles. The van der Waals surface area contributed by atoms with E-state index in [1.165, 1.54) is 128 Å². The van der Waals surface area contributed by atoms with Gasteiger partial charge in [-0.1, -0.05) is 162 Å². The zero-order chi connectivity index (χ0) is 33.8. The lowest BCUT2D eigenvalue weighted by Crippen LogP contribution is -2.54. The zero-order valence-corrected chi connectivity index (χ0v) is 31.9. The number of nitrogens with one attached hydrogen (secondary N) is 1. The summed E-state index contributed by atoms with van der Waals surface area (Å²) in [5, 5.41) is 3.47. The van der Waals surface area contributed by atoms with Crippen molar-refractivity contribution in [1.82, 2.24) is 20.0 Å². The van der Waals surface area contributed by atoms with E-state index in [9.17, 15) is 9.59 Å². The van der Waals surface area contributed by atoms with Crippen molar-refractivity contribution in [2.75, 3.05) is 46.3 Å². The molecule has 1 N–H and O–H groups in total. The molecule has 6 heteroatoms. The van der Waals surface area contributed by atoms with E-state index in [1.54, 1.807) is 0 Å². The molecule has 276 valence electrons. The Morgan fingerprint density at radius 1 is 0.638 bits per heavy atom. The fourth-order valence-electron chi connectivity index (χ4n) is 7.66. The Kier molecular flexibility index (Phi) is 25.6. The summed E-state index contributed by atoms with van der Waals surface area (Å²) in [6.07, 6.45) is 34.3. The molecule has 1 aliphatic heterocycles. The zero-order valence-electron chi connectivity index (χ0n) is 31.9. The number of nitrogens with zero attached hydrogens (tertiary/aromatic N) is 3. The second-order valence-electron chi connectivity index (χ2n) is 15.3. The van der Waals surface area contributed by atoms with Crippen LogP contribution < -0.4 is 5.32 Å². The van der Waals surface area contributed by atoms with Crippen LogP contribution in [-0.2, 0) is 9.59 Å². The smallest absolute Gasteiger partial charge is 0.243 e. The first kappa shape index (κ1) is 42.0. The molecule has 6 nitrogen and oxygen atoms in total. The highest BCUT2D eigenvalue weighted by Gasteiger charge is 2.31. The maximum absolute atomic E-state index is 14.0. The second kappa shape index (κ2) is 28.7. The normalized spacial score (nSPS) is 17.4. The van der Waals surface area contributed by atoms with Gasteiger partial charge in [0.2, 0.25) is 11.8 Å². The molecule has 0 radical (unpaired) electrons. The van der Waals surface area contributed by atoms with E-state index >= 15 is 0 Å².